The third-order valence-electron chi connectivity index (χ3n) is 7.58. The number of benzene rings is 2. The molecular formula is C30H37NO3S. The van der Waals surface area contributed by atoms with Crippen LogP contribution in [-0.4, -0.2) is 44.0 Å². The van der Waals surface area contributed by atoms with Gasteiger partial charge in [-0.25, -0.2) is 0 Å². The van der Waals surface area contributed by atoms with Crippen LogP contribution in [0, 0.1) is 0 Å². The van der Waals surface area contributed by atoms with Crippen LogP contribution >= 0.6 is 11.3 Å². The Bertz CT molecular complexity index is 1120. The lowest BCUT2D eigenvalue weighted by atomic mass is 9.85. The highest BCUT2D eigenvalue weighted by Crippen LogP contribution is 2.44. The summed E-state index contributed by atoms with van der Waals surface area (Å²) >= 11 is 1.78. The number of fused-ring (bicyclic) bond motifs is 1. The molecule has 1 aromatic heterocycles. The molecule has 4 nitrogen and oxygen atoms in total. The highest BCUT2D eigenvalue weighted by molar-refractivity contribution is 7.19. The summed E-state index contributed by atoms with van der Waals surface area (Å²) in [5.41, 5.74) is 1.63. The third kappa shape index (κ3) is 5.73. The second-order valence-corrected chi connectivity index (χ2v) is 11.1. The molecule has 5 heteroatoms. The summed E-state index contributed by atoms with van der Waals surface area (Å²) < 4.78 is 12.6. The van der Waals surface area contributed by atoms with Gasteiger partial charge in [0.05, 0.1) is 13.7 Å². The van der Waals surface area contributed by atoms with Crippen molar-refractivity contribution < 1.29 is 14.3 Å². The molecule has 1 saturated heterocycles. The maximum atomic E-state index is 13.8. The predicted octanol–water partition coefficient (Wildman–Crippen LogP) is 7.44. The Morgan fingerprint density at radius 1 is 0.943 bits per heavy atom. The summed E-state index contributed by atoms with van der Waals surface area (Å²) in [6, 6.07) is 13.9. The van der Waals surface area contributed by atoms with Gasteiger partial charge in [-0.1, -0.05) is 25.7 Å². The van der Waals surface area contributed by atoms with E-state index in [9.17, 15) is 4.79 Å². The number of methoxy groups -OCH3 is 1. The minimum Gasteiger partial charge on any atom is -0.497 e. The first-order chi connectivity index (χ1) is 17.2. The molecule has 0 N–H and O–H groups in total. The molecule has 0 radical (unpaired) electrons. The number of rotatable bonds is 9. The van der Waals surface area contributed by atoms with E-state index < -0.39 is 0 Å². The number of carbonyl (C=O) groups is 1. The Morgan fingerprint density at radius 2 is 1.66 bits per heavy atom. The summed E-state index contributed by atoms with van der Waals surface area (Å²) in [6.07, 6.45) is 11.2. The molecule has 2 aliphatic rings. The number of likely N-dealkylation sites (tertiary alicyclic amines) is 1. The molecule has 35 heavy (non-hydrogen) atoms. The average molecular weight is 492 g/mol. The summed E-state index contributed by atoms with van der Waals surface area (Å²) in [4.78, 5) is 17.6. The fraction of sp³-hybridized carbons (Fsp3) is 0.500. The number of hydrogen-bond acceptors (Lipinski definition) is 5. The SMILES string of the molecule is COc1ccc2c(C(=O)c3ccc(OCCCN4CCCCC4)cc3)c(C3CCCCC3)sc2c1. The van der Waals surface area contributed by atoms with Gasteiger partial charge in [-0.2, -0.15) is 0 Å². The third-order valence-corrected chi connectivity index (χ3v) is 8.90. The maximum absolute atomic E-state index is 13.8. The average Bonchev–Trinajstić information content (AvgIpc) is 3.31. The molecule has 2 aromatic carbocycles. The molecular weight excluding hydrogens is 454 g/mol. The number of ketones is 1. The first kappa shape index (κ1) is 24.3. The van der Waals surface area contributed by atoms with E-state index in [0.29, 0.717) is 12.5 Å². The van der Waals surface area contributed by atoms with Crippen molar-refractivity contribution in [2.75, 3.05) is 33.4 Å². The normalized spacial score (nSPS) is 17.5. The van der Waals surface area contributed by atoms with Gasteiger partial charge in [-0.3, -0.25) is 4.79 Å². The Hall–Kier alpha value is -2.37. The maximum Gasteiger partial charge on any atom is 0.194 e. The van der Waals surface area contributed by atoms with E-state index in [4.69, 9.17) is 9.47 Å². The predicted molar refractivity (Wildman–Crippen MR) is 144 cm³/mol. The number of piperidine rings is 1. The molecule has 0 atom stereocenters. The van der Waals surface area contributed by atoms with Crippen LogP contribution in [0.5, 0.6) is 11.5 Å². The topological polar surface area (TPSA) is 38.8 Å². The molecule has 0 bridgehead atoms. The molecule has 5 rings (SSSR count). The fourth-order valence-electron chi connectivity index (χ4n) is 5.62. The first-order valence-corrected chi connectivity index (χ1v) is 14.1. The molecule has 0 amide bonds. The lowest BCUT2D eigenvalue weighted by Crippen LogP contribution is -2.31. The lowest BCUT2D eigenvalue weighted by molar-refractivity contribution is 0.103. The Kier molecular flexibility index (Phi) is 8.05. The van der Waals surface area contributed by atoms with Crippen LogP contribution < -0.4 is 9.47 Å². The summed E-state index contributed by atoms with van der Waals surface area (Å²) in [5, 5.41) is 1.06. The van der Waals surface area contributed by atoms with Crippen LogP contribution in [0.1, 0.15) is 84.5 Å². The quantitative estimate of drug-likeness (QED) is 0.230. The largest absolute Gasteiger partial charge is 0.497 e. The molecule has 0 unspecified atom stereocenters. The molecule has 186 valence electrons. The molecule has 3 aromatic rings. The van der Waals surface area contributed by atoms with Crippen molar-refractivity contribution in [3.8, 4) is 11.5 Å². The van der Waals surface area contributed by atoms with Crippen LogP contribution in [0.4, 0.5) is 0 Å². The van der Waals surface area contributed by atoms with Gasteiger partial charge in [0.15, 0.2) is 5.78 Å². The minimum absolute atomic E-state index is 0.124. The molecule has 2 heterocycles. The molecule has 1 saturated carbocycles. The zero-order valence-corrected chi connectivity index (χ0v) is 21.7. The van der Waals surface area contributed by atoms with Gasteiger partial charge in [0.1, 0.15) is 11.5 Å². The second-order valence-electron chi connectivity index (χ2n) is 10.00. The fourth-order valence-corrected chi connectivity index (χ4v) is 7.02. The molecule has 0 spiro atoms. The molecule has 1 aliphatic heterocycles. The van der Waals surface area contributed by atoms with Gasteiger partial charge in [0.2, 0.25) is 0 Å². The van der Waals surface area contributed by atoms with Crippen molar-refractivity contribution >= 4 is 27.2 Å². The Labute approximate surface area is 213 Å². The monoisotopic (exact) mass is 491 g/mol. The standard InChI is InChI=1S/C30H37NO3S/c1-33-25-15-16-26-27(21-25)35-30(23-9-4-2-5-10-23)28(26)29(32)22-11-13-24(14-12-22)34-20-8-19-31-17-6-3-7-18-31/h11-16,21,23H,2-10,17-20H2,1H3. The number of nitrogens with zero attached hydrogens (tertiary/aromatic N) is 1. The van der Waals surface area contributed by atoms with E-state index in [-0.39, 0.29) is 5.78 Å². The van der Waals surface area contributed by atoms with Crippen LogP contribution in [0.25, 0.3) is 10.1 Å². The number of thiophene rings is 1. The van der Waals surface area contributed by atoms with Gasteiger partial charge in [-0.15, -0.1) is 11.3 Å². The van der Waals surface area contributed by atoms with Gasteiger partial charge in [0.25, 0.3) is 0 Å². The number of carbonyl (C=O) groups excluding carboxylic acids is 1. The number of ether oxygens (including phenoxy) is 2. The van der Waals surface area contributed by atoms with Gasteiger partial charge in [0, 0.05) is 32.6 Å². The zero-order valence-electron chi connectivity index (χ0n) is 20.9. The minimum atomic E-state index is 0.124. The van der Waals surface area contributed by atoms with E-state index in [0.717, 1.165) is 45.7 Å². The first-order valence-electron chi connectivity index (χ1n) is 13.3. The highest BCUT2D eigenvalue weighted by atomic mass is 32.1. The second kappa shape index (κ2) is 11.6. The van der Waals surface area contributed by atoms with Crippen molar-refractivity contribution in [3.05, 3.63) is 58.5 Å². The van der Waals surface area contributed by atoms with Crippen molar-refractivity contribution in [1.29, 1.82) is 0 Å². The zero-order chi connectivity index (χ0) is 24.0. The smallest absolute Gasteiger partial charge is 0.194 e. The van der Waals surface area contributed by atoms with E-state index in [1.54, 1.807) is 18.4 Å². The van der Waals surface area contributed by atoms with Gasteiger partial charge in [-0.05, 0) is 93.6 Å². The summed E-state index contributed by atoms with van der Waals surface area (Å²) in [5.74, 6) is 2.29. The Morgan fingerprint density at radius 3 is 2.40 bits per heavy atom. The van der Waals surface area contributed by atoms with Crippen molar-refractivity contribution in [2.45, 2.75) is 63.7 Å². The van der Waals surface area contributed by atoms with Crippen LogP contribution in [0.15, 0.2) is 42.5 Å². The van der Waals surface area contributed by atoms with Crippen molar-refractivity contribution in [1.82, 2.24) is 4.90 Å². The summed E-state index contributed by atoms with van der Waals surface area (Å²) in [6.45, 7) is 4.27. The van der Waals surface area contributed by atoms with E-state index >= 15 is 0 Å². The van der Waals surface area contributed by atoms with E-state index in [1.165, 1.54) is 69.3 Å². The van der Waals surface area contributed by atoms with Gasteiger partial charge < -0.3 is 14.4 Å². The highest BCUT2D eigenvalue weighted by Gasteiger charge is 2.27. The van der Waals surface area contributed by atoms with Crippen molar-refractivity contribution in [2.24, 2.45) is 0 Å². The van der Waals surface area contributed by atoms with Crippen LogP contribution in [0.2, 0.25) is 0 Å². The number of hydrogen-bond donors (Lipinski definition) is 0. The van der Waals surface area contributed by atoms with Crippen LogP contribution in [0.3, 0.4) is 0 Å². The van der Waals surface area contributed by atoms with Gasteiger partial charge >= 0.3 is 0 Å². The van der Waals surface area contributed by atoms with Crippen molar-refractivity contribution in [3.63, 3.8) is 0 Å². The lowest BCUT2D eigenvalue weighted by Gasteiger charge is -2.26. The Balaban J connectivity index is 1.30. The molecule has 2 fully saturated rings. The summed E-state index contributed by atoms with van der Waals surface area (Å²) in [7, 11) is 1.69. The van der Waals surface area contributed by atoms with E-state index in [2.05, 4.69) is 17.0 Å². The van der Waals surface area contributed by atoms with E-state index in [1.807, 2.05) is 30.3 Å². The van der Waals surface area contributed by atoms with Crippen LogP contribution in [-0.2, 0) is 0 Å². The molecule has 1 aliphatic carbocycles.